The molecule has 2 aromatic rings. The molecule has 0 aliphatic carbocycles. The summed E-state index contributed by atoms with van der Waals surface area (Å²) in [6.07, 6.45) is 3.10. The van der Waals surface area contributed by atoms with E-state index in [0.717, 1.165) is 55.6 Å². The fourth-order valence-electron chi connectivity index (χ4n) is 4.16. The maximum absolute atomic E-state index is 12.5. The van der Waals surface area contributed by atoms with E-state index >= 15 is 0 Å². The number of benzene rings is 2. The highest BCUT2D eigenvalue weighted by molar-refractivity contribution is 8.18. The molecule has 6 heteroatoms. The maximum Gasteiger partial charge on any atom is 0.286 e. The molecule has 5 rings (SSSR count). The number of amidine groups is 1. The molecule has 3 aliphatic rings. The Morgan fingerprint density at radius 2 is 1.93 bits per heavy atom. The molecule has 5 nitrogen and oxygen atoms in total. The first-order valence-corrected chi connectivity index (χ1v) is 11.3. The minimum Gasteiger partial charge on any atom is -0.490 e. The Morgan fingerprint density at radius 1 is 1.13 bits per heavy atom. The predicted octanol–water partition coefficient (Wildman–Crippen LogP) is 3.80. The van der Waals surface area contributed by atoms with Gasteiger partial charge in [0.15, 0.2) is 5.17 Å². The molecule has 3 heterocycles. The molecule has 154 valence electrons. The van der Waals surface area contributed by atoms with Crippen LogP contribution in [-0.2, 0) is 17.8 Å². The van der Waals surface area contributed by atoms with Gasteiger partial charge in [-0.25, -0.2) is 0 Å². The lowest BCUT2D eigenvalue weighted by atomic mass is 10.1. The molecule has 0 unspecified atom stereocenters. The average molecular weight is 420 g/mol. The minimum absolute atomic E-state index is 0.133. The van der Waals surface area contributed by atoms with Crippen LogP contribution in [0.15, 0.2) is 58.4 Å². The van der Waals surface area contributed by atoms with Gasteiger partial charge in [-0.2, -0.15) is 4.99 Å². The van der Waals surface area contributed by atoms with Crippen LogP contribution in [0.3, 0.4) is 0 Å². The van der Waals surface area contributed by atoms with E-state index in [-0.39, 0.29) is 12.0 Å². The van der Waals surface area contributed by atoms with Gasteiger partial charge in [-0.3, -0.25) is 9.69 Å². The van der Waals surface area contributed by atoms with E-state index in [4.69, 9.17) is 4.74 Å². The standard InChI is InChI=1S/C24H25N3O2S/c1-17-13-20-14-19(7-8-21(20)29-17)15-22-23(28)25-24(30-22)27-11-9-26(10-12-27)16-18-5-3-2-4-6-18/h2-8,14-15,17H,9-13,16H2,1H3/b22-15-/t17-/m0/s1. The third-order valence-electron chi connectivity index (χ3n) is 5.72. The monoisotopic (exact) mass is 419 g/mol. The van der Waals surface area contributed by atoms with E-state index in [9.17, 15) is 4.79 Å². The summed E-state index contributed by atoms with van der Waals surface area (Å²) >= 11 is 1.50. The van der Waals surface area contributed by atoms with Crippen LogP contribution in [0.1, 0.15) is 23.6 Å². The fourth-order valence-corrected chi connectivity index (χ4v) is 5.12. The first kappa shape index (κ1) is 19.4. The summed E-state index contributed by atoms with van der Waals surface area (Å²) in [5.41, 5.74) is 3.59. The topological polar surface area (TPSA) is 45.1 Å². The smallest absolute Gasteiger partial charge is 0.286 e. The number of carbonyl (C=O) groups is 1. The lowest BCUT2D eigenvalue weighted by Gasteiger charge is -2.35. The zero-order valence-electron chi connectivity index (χ0n) is 17.1. The number of hydrogen-bond acceptors (Lipinski definition) is 5. The van der Waals surface area contributed by atoms with Crippen molar-refractivity contribution in [2.24, 2.45) is 4.99 Å². The molecule has 0 radical (unpaired) electrons. The Morgan fingerprint density at radius 3 is 2.73 bits per heavy atom. The highest BCUT2D eigenvalue weighted by Crippen LogP contribution is 2.33. The zero-order valence-corrected chi connectivity index (χ0v) is 17.9. The van der Waals surface area contributed by atoms with E-state index in [0.29, 0.717) is 4.91 Å². The summed E-state index contributed by atoms with van der Waals surface area (Å²) < 4.78 is 5.77. The molecule has 0 bridgehead atoms. The molecule has 0 aromatic heterocycles. The van der Waals surface area contributed by atoms with Gasteiger partial charge in [-0.15, -0.1) is 0 Å². The van der Waals surface area contributed by atoms with Crippen molar-refractivity contribution < 1.29 is 9.53 Å². The number of carbonyl (C=O) groups excluding carboxylic acids is 1. The van der Waals surface area contributed by atoms with Gasteiger partial charge >= 0.3 is 0 Å². The number of nitrogens with zero attached hydrogens (tertiary/aromatic N) is 3. The van der Waals surface area contributed by atoms with Crippen molar-refractivity contribution in [2.45, 2.75) is 26.0 Å². The van der Waals surface area contributed by atoms with E-state index < -0.39 is 0 Å². The molecule has 1 saturated heterocycles. The second-order valence-electron chi connectivity index (χ2n) is 8.06. The molecule has 0 N–H and O–H groups in total. The van der Waals surface area contributed by atoms with E-state index in [2.05, 4.69) is 58.1 Å². The second-order valence-corrected chi connectivity index (χ2v) is 9.07. The molecule has 30 heavy (non-hydrogen) atoms. The first-order chi connectivity index (χ1) is 14.6. The summed E-state index contributed by atoms with van der Waals surface area (Å²) in [6.45, 7) is 6.79. The van der Waals surface area contributed by atoms with Gasteiger partial charge in [0.05, 0.1) is 4.91 Å². The molecule has 1 fully saturated rings. The molecular weight excluding hydrogens is 394 g/mol. The Hall–Kier alpha value is -2.57. The Kier molecular flexibility index (Phi) is 5.35. The maximum atomic E-state index is 12.5. The van der Waals surface area contributed by atoms with Gasteiger partial charge < -0.3 is 9.64 Å². The van der Waals surface area contributed by atoms with Gasteiger partial charge in [-0.1, -0.05) is 36.4 Å². The van der Waals surface area contributed by atoms with Crippen molar-refractivity contribution in [1.82, 2.24) is 9.80 Å². The fraction of sp³-hybridized carbons (Fsp3) is 0.333. The number of rotatable bonds is 3. The summed E-state index contributed by atoms with van der Waals surface area (Å²) in [7, 11) is 0. The number of thioether (sulfide) groups is 1. The first-order valence-electron chi connectivity index (χ1n) is 10.5. The van der Waals surface area contributed by atoms with Crippen LogP contribution in [0.2, 0.25) is 0 Å². The Labute approximate surface area is 181 Å². The van der Waals surface area contributed by atoms with Crippen molar-refractivity contribution in [3.8, 4) is 5.75 Å². The van der Waals surface area contributed by atoms with Gasteiger partial charge in [-0.05, 0) is 53.6 Å². The number of amides is 1. The summed E-state index contributed by atoms with van der Waals surface area (Å²) in [4.78, 5) is 22.2. The third-order valence-corrected chi connectivity index (χ3v) is 6.76. The number of aliphatic imine (C=N–C) groups is 1. The Bertz CT molecular complexity index is 1010. The van der Waals surface area contributed by atoms with Crippen LogP contribution < -0.4 is 4.74 Å². The number of piperazine rings is 1. The Balaban J connectivity index is 1.20. The predicted molar refractivity (Wildman–Crippen MR) is 122 cm³/mol. The second kappa shape index (κ2) is 8.28. The average Bonchev–Trinajstić information content (AvgIpc) is 3.30. The van der Waals surface area contributed by atoms with Gasteiger partial charge in [0.2, 0.25) is 0 Å². The molecule has 1 atom stereocenters. The lowest BCUT2D eigenvalue weighted by molar-refractivity contribution is -0.113. The summed E-state index contributed by atoms with van der Waals surface area (Å²) in [5.74, 6) is 0.826. The molecule has 3 aliphatic heterocycles. The van der Waals surface area contributed by atoms with E-state index in [1.54, 1.807) is 0 Å². The van der Waals surface area contributed by atoms with Crippen molar-refractivity contribution in [2.75, 3.05) is 26.2 Å². The quantitative estimate of drug-likeness (QED) is 0.708. The third kappa shape index (κ3) is 4.16. The van der Waals surface area contributed by atoms with Crippen LogP contribution in [0.4, 0.5) is 0 Å². The van der Waals surface area contributed by atoms with Crippen molar-refractivity contribution in [1.29, 1.82) is 0 Å². The normalized spacial score (nSPS) is 22.9. The SMILES string of the molecule is C[C@H]1Cc2cc(/C=C3\SC(N4CCN(Cc5ccccc5)CC4)=NC3=O)ccc2O1. The van der Waals surface area contributed by atoms with Gasteiger partial charge in [0.25, 0.3) is 5.91 Å². The van der Waals surface area contributed by atoms with Crippen LogP contribution in [-0.4, -0.2) is 53.2 Å². The molecule has 0 spiro atoms. The van der Waals surface area contributed by atoms with Crippen LogP contribution in [0.5, 0.6) is 5.75 Å². The van der Waals surface area contributed by atoms with Gasteiger partial charge in [0, 0.05) is 39.1 Å². The van der Waals surface area contributed by atoms with Gasteiger partial charge in [0.1, 0.15) is 11.9 Å². The lowest BCUT2D eigenvalue weighted by Crippen LogP contribution is -2.47. The number of hydrogen-bond donors (Lipinski definition) is 0. The molecule has 2 aromatic carbocycles. The van der Waals surface area contributed by atoms with E-state index in [1.807, 2.05) is 18.2 Å². The highest BCUT2D eigenvalue weighted by Gasteiger charge is 2.28. The largest absolute Gasteiger partial charge is 0.490 e. The van der Waals surface area contributed by atoms with Crippen LogP contribution in [0, 0.1) is 0 Å². The highest BCUT2D eigenvalue weighted by atomic mass is 32.2. The summed E-state index contributed by atoms with van der Waals surface area (Å²) in [5, 5.41) is 0.837. The molecule has 0 saturated carbocycles. The minimum atomic E-state index is -0.133. The number of ether oxygens (including phenoxy) is 1. The van der Waals surface area contributed by atoms with Crippen molar-refractivity contribution >= 4 is 28.9 Å². The molecule has 1 amide bonds. The van der Waals surface area contributed by atoms with Crippen LogP contribution in [0.25, 0.3) is 6.08 Å². The molecular formula is C24H25N3O2S. The zero-order chi connectivity index (χ0) is 20.5. The van der Waals surface area contributed by atoms with Crippen LogP contribution >= 0.6 is 11.8 Å². The van der Waals surface area contributed by atoms with Crippen molar-refractivity contribution in [3.63, 3.8) is 0 Å². The number of fused-ring (bicyclic) bond motifs is 1. The summed E-state index contributed by atoms with van der Waals surface area (Å²) in [6, 6.07) is 16.7. The van der Waals surface area contributed by atoms with Crippen molar-refractivity contribution in [3.05, 3.63) is 70.1 Å². The van der Waals surface area contributed by atoms with E-state index in [1.165, 1.54) is 22.9 Å².